The van der Waals surface area contributed by atoms with Gasteiger partial charge in [0.1, 0.15) is 40.2 Å². The van der Waals surface area contributed by atoms with Crippen molar-refractivity contribution < 1.29 is 14.4 Å². The fraction of sp³-hybridized carbons (Fsp3) is 0.452. The summed E-state index contributed by atoms with van der Waals surface area (Å²) in [6.45, 7) is 7.79. The molecule has 0 radical (unpaired) electrons. The molecular formula is C42H47BrN10O3. The summed E-state index contributed by atoms with van der Waals surface area (Å²) in [7, 11) is 0. The number of carbonyl (C=O) groups excluding carboxylic acids is 3. The Balaban J connectivity index is 1.20. The average Bonchev–Trinajstić information content (AvgIpc) is 3.60. The van der Waals surface area contributed by atoms with Crippen LogP contribution in [0.1, 0.15) is 98.3 Å². The second kappa shape index (κ2) is 15.4. The molecule has 5 aromatic rings. The summed E-state index contributed by atoms with van der Waals surface area (Å²) in [5.41, 5.74) is 5.07. The molecule has 14 heteroatoms. The van der Waals surface area contributed by atoms with Crippen LogP contribution in [0, 0.1) is 25.2 Å². The number of halogens is 1. The SMILES string of the molecule is CC(=O)c1nn2c3c(cc(-c4cnc(C)nc4)cc13)CCCCCCCC/C=C\c1cn(nn1)C[C@@]13C[C@@H](C(=O)Nc4nc(Br)ccc4C)N(C(=O)C2)C1C3C. The quantitative estimate of drug-likeness (QED) is 0.145. The molecule has 56 heavy (non-hydrogen) atoms. The minimum atomic E-state index is -0.755. The van der Waals surface area contributed by atoms with Crippen LogP contribution in [0.4, 0.5) is 5.82 Å². The summed E-state index contributed by atoms with van der Waals surface area (Å²) in [6.07, 6.45) is 18.5. The first-order chi connectivity index (χ1) is 27.0. The summed E-state index contributed by atoms with van der Waals surface area (Å²) < 4.78 is 4.15. The number of rotatable bonds is 4. The maximum atomic E-state index is 14.9. The number of pyridine rings is 1. The third-order valence-corrected chi connectivity index (χ3v) is 12.4. The van der Waals surface area contributed by atoms with Gasteiger partial charge in [-0.2, -0.15) is 5.10 Å². The molecule has 0 spiro atoms. The third-order valence-electron chi connectivity index (χ3n) is 12.0. The van der Waals surface area contributed by atoms with Crippen molar-refractivity contribution in [2.45, 2.75) is 111 Å². The molecule has 3 aliphatic rings. The molecule has 2 amide bonds. The largest absolute Gasteiger partial charge is 0.325 e. The van der Waals surface area contributed by atoms with E-state index in [2.05, 4.69) is 65.6 Å². The Labute approximate surface area is 334 Å². The fourth-order valence-electron chi connectivity index (χ4n) is 8.98. The van der Waals surface area contributed by atoms with Gasteiger partial charge >= 0.3 is 0 Å². The molecule has 4 bridgehead atoms. The van der Waals surface area contributed by atoms with Gasteiger partial charge in [0.05, 0.1) is 18.3 Å². The number of ketones is 1. The number of fused-ring (bicyclic) bond motifs is 2. The second-order valence-electron chi connectivity index (χ2n) is 15.8. The Bertz CT molecular complexity index is 2350. The molecule has 290 valence electrons. The van der Waals surface area contributed by atoms with E-state index in [0.29, 0.717) is 40.3 Å². The summed E-state index contributed by atoms with van der Waals surface area (Å²) in [4.78, 5) is 57.5. The number of piperidine rings is 1. The third kappa shape index (κ3) is 7.31. The molecule has 4 aromatic heterocycles. The highest BCUT2D eigenvalue weighted by Crippen LogP contribution is 2.65. The van der Waals surface area contributed by atoms with Crippen molar-refractivity contribution in [1.29, 1.82) is 0 Å². The predicted molar refractivity (Wildman–Crippen MR) is 217 cm³/mol. The number of Topliss-reactive ketones (excluding diaryl/α,β-unsaturated/α-hetero) is 1. The van der Waals surface area contributed by atoms with Crippen LogP contribution >= 0.6 is 15.9 Å². The zero-order valence-electron chi connectivity index (χ0n) is 32.3. The Morgan fingerprint density at radius 1 is 1.00 bits per heavy atom. The molecule has 13 nitrogen and oxygen atoms in total. The molecular weight excluding hydrogens is 772 g/mol. The first-order valence-corrected chi connectivity index (χ1v) is 20.5. The van der Waals surface area contributed by atoms with Crippen molar-refractivity contribution in [3.8, 4) is 11.1 Å². The van der Waals surface area contributed by atoms with E-state index in [1.165, 1.54) is 6.92 Å². The van der Waals surface area contributed by atoms with Gasteiger partial charge in [-0.05, 0) is 109 Å². The first kappa shape index (κ1) is 37.8. The van der Waals surface area contributed by atoms with Crippen molar-refractivity contribution in [3.63, 3.8) is 0 Å². The fourth-order valence-corrected chi connectivity index (χ4v) is 9.29. The molecule has 6 heterocycles. The van der Waals surface area contributed by atoms with Crippen LogP contribution in [0.2, 0.25) is 0 Å². The van der Waals surface area contributed by atoms with Crippen LogP contribution < -0.4 is 5.32 Å². The number of anilines is 1. The van der Waals surface area contributed by atoms with Crippen LogP contribution in [0.15, 0.2) is 53.5 Å². The van der Waals surface area contributed by atoms with Crippen molar-refractivity contribution >= 4 is 56.3 Å². The van der Waals surface area contributed by atoms with E-state index in [1.54, 1.807) is 22.0 Å². The number of hydrogen-bond acceptors (Lipinski definition) is 9. The molecule has 1 N–H and O–H groups in total. The van der Waals surface area contributed by atoms with Crippen LogP contribution in [-0.2, 0) is 29.1 Å². The van der Waals surface area contributed by atoms with Gasteiger partial charge in [-0.3, -0.25) is 23.7 Å². The van der Waals surface area contributed by atoms with Gasteiger partial charge in [0.2, 0.25) is 11.8 Å². The van der Waals surface area contributed by atoms with Crippen molar-refractivity contribution in [2.24, 2.45) is 11.3 Å². The van der Waals surface area contributed by atoms with Gasteiger partial charge in [-0.15, -0.1) is 5.10 Å². The molecule has 4 atom stereocenters. The van der Waals surface area contributed by atoms with Crippen LogP contribution in [0.5, 0.6) is 0 Å². The Hall–Kier alpha value is -5.11. The number of benzene rings is 1. The van der Waals surface area contributed by atoms with Crippen molar-refractivity contribution in [1.82, 2.24) is 44.6 Å². The second-order valence-corrected chi connectivity index (χ2v) is 16.6. The lowest BCUT2D eigenvalue weighted by Gasteiger charge is -2.28. The number of carbonyl (C=O) groups is 3. The van der Waals surface area contributed by atoms with Crippen LogP contribution in [0.3, 0.4) is 0 Å². The van der Waals surface area contributed by atoms with E-state index >= 15 is 0 Å². The number of hydrogen-bond donors (Lipinski definition) is 1. The zero-order chi connectivity index (χ0) is 39.1. The average molecular weight is 820 g/mol. The number of amides is 2. The summed E-state index contributed by atoms with van der Waals surface area (Å²) in [6, 6.07) is 6.85. The molecule has 8 rings (SSSR count). The maximum Gasteiger partial charge on any atom is 0.248 e. The molecule has 1 aliphatic carbocycles. The topological polar surface area (TPSA) is 154 Å². The molecule has 1 saturated heterocycles. The van der Waals surface area contributed by atoms with Crippen LogP contribution in [0.25, 0.3) is 28.1 Å². The lowest BCUT2D eigenvalue weighted by molar-refractivity contribution is -0.138. The number of nitrogens with one attached hydrogen (secondary N) is 1. The number of nitrogens with zero attached hydrogens (tertiary/aromatic N) is 9. The van der Waals surface area contributed by atoms with Gasteiger partial charge in [-0.1, -0.05) is 50.0 Å². The molecule has 1 aromatic carbocycles. The summed E-state index contributed by atoms with van der Waals surface area (Å²) >= 11 is 3.43. The minimum absolute atomic E-state index is 0.114. The minimum Gasteiger partial charge on any atom is -0.325 e. The smallest absolute Gasteiger partial charge is 0.248 e. The standard InChI is InChI=1S/C42H47BrN10O3/c1-25-15-16-35(43)46-40(25)47-41(56)34-19-42-24-51-22-32(48-50-51)14-12-10-8-6-5-7-9-11-13-29-17-30(31-20-44-28(4)45-21-31)18-33-37(27(3)54)49-52(38(29)33)23-36(55)53(34)39(42)26(42)2/h12,14-18,20-22,26,34,39H,5-11,13,19,23-24H2,1-4H3,(H,46,47,56)/b14-12-/t26?,34-,39?,42+/m0/s1. The molecule has 1 saturated carbocycles. The normalized spacial score (nSPS) is 23.6. The number of aromatic nitrogens is 8. The highest BCUT2D eigenvalue weighted by Gasteiger charge is 2.72. The molecule has 2 fully saturated rings. The van der Waals surface area contributed by atoms with Crippen molar-refractivity contribution in [3.05, 3.63) is 81.9 Å². The van der Waals surface area contributed by atoms with E-state index < -0.39 is 6.04 Å². The highest BCUT2D eigenvalue weighted by atomic mass is 79.9. The number of aryl methyl sites for hydroxylation is 3. The zero-order valence-corrected chi connectivity index (χ0v) is 33.9. The lowest BCUT2D eigenvalue weighted by atomic mass is 9.95. The van der Waals surface area contributed by atoms with Gasteiger partial charge in [0.25, 0.3) is 0 Å². The van der Waals surface area contributed by atoms with E-state index in [9.17, 15) is 14.4 Å². The van der Waals surface area contributed by atoms with Crippen molar-refractivity contribution in [2.75, 3.05) is 5.32 Å². The van der Waals surface area contributed by atoms with Gasteiger partial charge in [0, 0.05) is 41.7 Å². The van der Waals surface area contributed by atoms with Crippen LogP contribution in [-0.4, -0.2) is 74.3 Å². The Morgan fingerprint density at radius 2 is 1.77 bits per heavy atom. The number of allylic oxidation sites excluding steroid dienone is 1. The summed E-state index contributed by atoms with van der Waals surface area (Å²) in [5.74, 6) is 0.525. The maximum absolute atomic E-state index is 14.9. The lowest BCUT2D eigenvalue weighted by Crippen LogP contribution is -2.47. The van der Waals surface area contributed by atoms with Gasteiger partial charge in [0.15, 0.2) is 5.78 Å². The highest BCUT2D eigenvalue weighted by molar-refractivity contribution is 9.10. The van der Waals surface area contributed by atoms with Gasteiger partial charge < -0.3 is 10.2 Å². The predicted octanol–water partition coefficient (Wildman–Crippen LogP) is 7.31. The molecule has 2 unspecified atom stereocenters. The van der Waals surface area contributed by atoms with E-state index in [-0.39, 0.29) is 41.5 Å². The Morgan fingerprint density at radius 3 is 2.55 bits per heavy atom. The Kier molecular flexibility index (Phi) is 10.4. The van der Waals surface area contributed by atoms with E-state index in [0.717, 1.165) is 84.8 Å². The molecule has 2 aliphatic heterocycles. The monoisotopic (exact) mass is 818 g/mol. The van der Waals surface area contributed by atoms with E-state index in [1.807, 2.05) is 49.0 Å². The van der Waals surface area contributed by atoms with Gasteiger partial charge in [-0.25, -0.2) is 15.0 Å². The summed E-state index contributed by atoms with van der Waals surface area (Å²) in [5, 5.41) is 17.5. The first-order valence-electron chi connectivity index (χ1n) is 19.7. The van der Waals surface area contributed by atoms with E-state index in [4.69, 9.17) is 5.10 Å².